The van der Waals surface area contributed by atoms with Gasteiger partial charge in [-0.3, -0.25) is 14.4 Å². The van der Waals surface area contributed by atoms with Gasteiger partial charge in [-0.25, -0.2) is 0 Å². The van der Waals surface area contributed by atoms with Gasteiger partial charge in [-0.2, -0.15) is 5.10 Å². The summed E-state index contributed by atoms with van der Waals surface area (Å²) in [7, 11) is 1.86. The van der Waals surface area contributed by atoms with Crippen LogP contribution in [0.25, 0.3) is 0 Å². The van der Waals surface area contributed by atoms with Crippen molar-refractivity contribution in [2.45, 2.75) is 13.1 Å². The van der Waals surface area contributed by atoms with Crippen molar-refractivity contribution in [3.63, 3.8) is 0 Å². The van der Waals surface area contributed by atoms with E-state index in [4.69, 9.17) is 11.5 Å². The molecule has 1 aromatic heterocycles. The fraction of sp³-hybridized carbons (Fsp3) is 0.286. The van der Waals surface area contributed by atoms with E-state index in [0.717, 1.165) is 11.3 Å². The topological polar surface area (TPSA) is 90.2 Å². The van der Waals surface area contributed by atoms with Crippen LogP contribution in [0.3, 0.4) is 0 Å². The molecule has 6 heteroatoms. The molecule has 2 aromatic rings. The molecule has 0 saturated carbocycles. The van der Waals surface area contributed by atoms with Crippen LogP contribution in [-0.2, 0) is 24.9 Å². The summed E-state index contributed by atoms with van der Waals surface area (Å²) in [6.07, 6.45) is 1.87. The van der Waals surface area contributed by atoms with Gasteiger partial charge in [0.25, 0.3) is 0 Å². The highest BCUT2D eigenvalue weighted by molar-refractivity contribution is 5.75. The first kappa shape index (κ1) is 14.1. The maximum Gasteiger partial charge on any atom is 0.231 e. The molecule has 1 aromatic carbocycles. The number of carbonyl (C=O) groups excluding carboxylic acids is 1. The Morgan fingerprint density at radius 2 is 2.05 bits per heavy atom. The van der Waals surface area contributed by atoms with Gasteiger partial charge in [0.15, 0.2) is 0 Å². The highest BCUT2D eigenvalue weighted by atomic mass is 16.1. The first-order valence-corrected chi connectivity index (χ1v) is 6.37. The van der Waals surface area contributed by atoms with Crippen molar-refractivity contribution in [2.75, 3.05) is 12.3 Å². The van der Waals surface area contributed by atoms with Crippen LogP contribution in [-0.4, -0.2) is 27.1 Å². The average Bonchev–Trinajstić information content (AvgIpc) is 2.77. The third kappa shape index (κ3) is 3.83. The van der Waals surface area contributed by atoms with Crippen molar-refractivity contribution in [1.29, 1.82) is 0 Å². The molecular formula is C14H19N5O. The third-order valence-corrected chi connectivity index (χ3v) is 2.98. The molecule has 20 heavy (non-hydrogen) atoms. The number of nitrogens with two attached hydrogens (primary N) is 2. The summed E-state index contributed by atoms with van der Waals surface area (Å²) in [5.41, 5.74) is 13.8. The van der Waals surface area contributed by atoms with Crippen molar-refractivity contribution in [1.82, 2.24) is 14.7 Å². The molecule has 6 nitrogen and oxygen atoms in total. The number of nitrogen functional groups attached to an aromatic ring is 1. The molecule has 1 heterocycles. The number of rotatable bonds is 6. The Hall–Kier alpha value is -2.34. The van der Waals surface area contributed by atoms with Crippen LogP contribution in [0.5, 0.6) is 0 Å². The largest absolute Gasteiger partial charge is 0.398 e. The number of amides is 1. The summed E-state index contributed by atoms with van der Waals surface area (Å²) in [6, 6.07) is 9.52. The number of anilines is 1. The Kier molecular flexibility index (Phi) is 4.37. The van der Waals surface area contributed by atoms with E-state index < -0.39 is 0 Å². The smallest absolute Gasteiger partial charge is 0.231 e. The van der Waals surface area contributed by atoms with Gasteiger partial charge < -0.3 is 11.5 Å². The molecule has 0 aliphatic heterocycles. The summed E-state index contributed by atoms with van der Waals surface area (Å²) in [4.78, 5) is 13.1. The number of hydrogen-bond acceptors (Lipinski definition) is 4. The maximum atomic E-state index is 11.2. The number of aromatic nitrogens is 2. The molecule has 4 N–H and O–H groups in total. The van der Waals surface area contributed by atoms with Crippen LogP contribution in [0.4, 0.5) is 5.69 Å². The predicted octanol–water partition coefficient (Wildman–Crippen LogP) is 0.490. The van der Waals surface area contributed by atoms with Crippen LogP contribution in [0.15, 0.2) is 36.5 Å². The summed E-state index contributed by atoms with van der Waals surface area (Å²) in [5, 5.41) is 4.31. The Morgan fingerprint density at radius 1 is 1.30 bits per heavy atom. The maximum absolute atomic E-state index is 11.2. The lowest BCUT2D eigenvalue weighted by Gasteiger charge is -2.20. The highest BCUT2D eigenvalue weighted by Gasteiger charge is 2.12. The molecule has 0 fully saturated rings. The number of primary amides is 1. The molecule has 0 radical (unpaired) electrons. The zero-order valence-corrected chi connectivity index (χ0v) is 11.5. The second kappa shape index (κ2) is 6.21. The van der Waals surface area contributed by atoms with Gasteiger partial charge in [0.1, 0.15) is 0 Å². The highest BCUT2D eigenvalue weighted by Crippen LogP contribution is 2.14. The van der Waals surface area contributed by atoms with Gasteiger partial charge >= 0.3 is 0 Å². The first-order chi connectivity index (χ1) is 9.54. The van der Waals surface area contributed by atoms with Crippen LogP contribution < -0.4 is 11.5 Å². The molecule has 1 amide bonds. The number of nitrogens with zero attached hydrogens (tertiary/aromatic N) is 3. The van der Waals surface area contributed by atoms with Gasteiger partial charge in [0, 0.05) is 32.0 Å². The van der Waals surface area contributed by atoms with Gasteiger partial charge in [0.2, 0.25) is 5.91 Å². The molecule has 0 saturated heterocycles. The van der Waals surface area contributed by atoms with Gasteiger partial charge in [-0.15, -0.1) is 0 Å². The molecule has 0 unspecified atom stereocenters. The zero-order valence-electron chi connectivity index (χ0n) is 11.5. The van der Waals surface area contributed by atoms with Crippen LogP contribution in [0, 0.1) is 0 Å². The van der Waals surface area contributed by atoms with Crippen molar-refractivity contribution in [3.8, 4) is 0 Å². The molecule has 0 atom stereocenters. The molecule has 106 valence electrons. The zero-order chi connectivity index (χ0) is 14.5. The van der Waals surface area contributed by atoms with Gasteiger partial charge in [-0.05, 0) is 17.7 Å². The van der Waals surface area contributed by atoms with Crippen molar-refractivity contribution in [3.05, 3.63) is 47.8 Å². The molecule has 0 spiro atoms. The Bertz CT molecular complexity index is 593. The standard InChI is InChI=1S/C14H19N5O/c1-18-7-6-12(17-18)9-19(10-14(16)20)8-11-4-2-3-5-13(11)15/h2-7H,8-10,15H2,1H3,(H2,16,20). The number of carbonyl (C=O) groups is 1. The fourth-order valence-corrected chi connectivity index (χ4v) is 2.08. The first-order valence-electron chi connectivity index (χ1n) is 6.37. The predicted molar refractivity (Wildman–Crippen MR) is 77.4 cm³/mol. The molecular weight excluding hydrogens is 254 g/mol. The quantitative estimate of drug-likeness (QED) is 0.749. The lowest BCUT2D eigenvalue weighted by molar-refractivity contribution is -0.119. The lowest BCUT2D eigenvalue weighted by Crippen LogP contribution is -2.33. The molecule has 0 bridgehead atoms. The van der Waals surface area contributed by atoms with Crippen molar-refractivity contribution >= 4 is 11.6 Å². The summed E-state index contributed by atoms with van der Waals surface area (Å²) < 4.78 is 1.73. The average molecular weight is 273 g/mol. The third-order valence-electron chi connectivity index (χ3n) is 2.98. The summed E-state index contributed by atoms with van der Waals surface area (Å²) >= 11 is 0. The second-order valence-electron chi connectivity index (χ2n) is 4.79. The number of benzene rings is 1. The van der Waals surface area contributed by atoms with E-state index in [-0.39, 0.29) is 12.5 Å². The summed E-state index contributed by atoms with van der Waals surface area (Å²) in [5.74, 6) is -0.365. The van der Waals surface area contributed by atoms with E-state index in [2.05, 4.69) is 5.10 Å². The van der Waals surface area contributed by atoms with E-state index in [1.165, 1.54) is 0 Å². The molecule has 0 aliphatic rings. The molecule has 0 aliphatic carbocycles. The van der Waals surface area contributed by atoms with E-state index in [9.17, 15) is 4.79 Å². The van der Waals surface area contributed by atoms with Crippen LogP contribution in [0.2, 0.25) is 0 Å². The minimum absolute atomic E-state index is 0.172. The fourth-order valence-electron chi connectivity index (χ4n) is 2.08. The van der Waals surface area contributed by atoms with Gasteiger partial charge in [0.05, 0.1) is 12.2 Å². The van der Waals surface area contributed by atoms with Crippen molar-refractivity contribution < 1.29 is 4.79 Å². The monoisotopic (exact) mass is 273 g/mol. The van der Waals surface area contributed by atoms with Crippen LogP contribution >= 0.6 is 0 Å². The second-order valence-corrected chi connectivity index (χ2v) is 4.79. The van der Waals surface area contributed by atoms with Gasteiger partial charge in [-0.1, -0.05) is 18.2 Å². The van der Waals surface area contributed by atoms with Crippen molar-refractivity contribution in [2.24, 2.45) is 12.8 Å². The minimum atomic E-state index is -0.365. The molecule has 2 rings (SSSR count). The van der Waals surface area contributed by atoms with E-state index >= 15 is 0 Å². The number of para-hydroxylation sites is 1. The van der Waals surface area contributed by atoms with E-state index in [1.807, 2.05) is 48.5 Å². The normalized spacial score (nSPS) is 10.9. The van der Waals surface area contributed by atoms with E-state index in [1.54, 1.807) is 4.68 Å². The minimum Gasteiger partial charge on any atom is -0.398 e. The Labute approximate surface area is 118 Å². The Balaban J connectivity index is 2.11. The SMILES string of the molecule is Cn1ccc(CN(CC(N)=O)Cc2ccccc2N)n1. The lowest BCUT2D eigenvalue weighted by atomic mass is 10.1. The van der Waals surface area contributed by atoms with E-state index in [0.29, 0.717) is 18.8 Å². The summed E-state index contributed by atoms with van der Waals surface area (Å²) in [6.45, 7) is 1.29. The number of aryl methyl sites for hydroxylation is 1. The Morgan fingerprint density at radius 3 is 2.65 bits per heavy atom. The number of hydrogen-bond donors (Lipinski definition) is 2. The van der Waals surface area contributed by atoms with Crippen LogP contribution in [0.1, 0.15) is 11.3 Å².